The summed E-state index contributed by atoms with van der Waals surface area (Å²) in [7, 11) is 1.66. The fourth-order valence-corrected chi connectivity index (χ4v) is 2.57. The molecule has 2 rings (SSSR count). The second-order valence-corrected chi connectivity index (χ2v) is 5.19. The van der Waals surface area contributed by atoms with E-state index >= 15 is 0 Å². The lowest BCUT2D eigenvalue weighted by Gasteiger charge is -2.21. The van der Waals surface area contributed by atoms with E-state index in [4.69, 9.17) is 27.9 Å². The van der Waals surface area contributed by atoms with Crippen LogP contribution in [0.3, 0.4) is 0 Å². The van der Waals surface area contributed by atoms with Crippen LogP contribution in [0.5, 0.6) is 5.75 Å². The topological polar surface area (TPSA) is 21.3 Å². The third kappa shape index (κ3) is 3.26. The number of hydrogen-bond donors (Lipinski definition) is 1. The van der Waals surface area contributed by atoms with Gasteiger partial charge in [0.25, 0.3) is 0 Å². The Morgan fingerprint density at radius 1 is 1.10 bits per heavy atom. The summed E-state index contributed by atoms with van der Waals surface area (Å²) in [5, 5.41) is 4.60. The van der Waals surface area contributed by atoms with Gasteiger partial charge in [0.15, 0.2) is 0 Å². The van der Waals surface area contributed by atoms with E-state index in [1.165, 1.54) is 0 Å². The van der Waals surface area contributed by atoms with Crippen LogP contribution in [0.15, 0.2) is 42.5 Å². The fraction of sp³-hybridized carbons (Fsp3) is 0.250. The zero-order valence-corrected chi connectivity index (χ0v) is 13.0. The number of methoxy groups -OCH3 is 1. The van der Waals surface area contributed by atoms with Crippen LogP contribution in [-0.2, 0) is 0 Å². The molecule has 2 nitrogen and oxygen atoms in total. The highest BCUT2D eigenvalue weighted by molar-refractivity contribution is 6.42. The lowest BCUT2D eigenvalue weighted by atomic mass is 9.98. The van der Waals surface area contributed by atoms with Crippen LogP contribution in [0, 0.1) is 0 Å². The van der Waals surface area contributed by atoms with E-state index in [1.54, 1.807) is 13.2 Å². The highest BCUT2D eigenvalue weighted by Crippen LogP contribution is 2.33. The molecule has 1 unspecified atom stereocenters. The van der Waals surface area contributed by atoms with Gasteiger partial charge in [-0.3, -0.25) is 0 Å². The van der Waals surface area contributed by atoms with Crippen LogP contribution in [0.1, 0.15) is 24.1 Å². The van der Waals surface area contributed by atoms with Gasteiger partial charge < -0.3 is 10.1 Å². The van der Waals surface area contributed by atoms with Crippen molar-refractivity contribution in [2.24, 2.45) is 0 Å². The minimum atomic E-state index is 0.0112. The Labute approximate surface area is 129 Å². The number of benzene rings is 2. The van der Waals surface area contributed by atoms with E-state index in [9.17, 15) is 0 Å². The van der Waals surface area contributed by atoms with Crippen LogP contribution >= 0.6 is 23.2 Å². The second kappa shape index (κ2) is 6.98. The molecule has 0 heterocycles. The molecule has 2 aromatic carbocycles. The molecule has 0 saturated carbocycles. The minimum absolute atomic E-state index is 0.0112. The zero-order chi connectivity index (χ0) is 14.5. The molecule has 0 spiro atoms. The van der Waals surface area contributed by atoms with E-state index < -0.39 is 0 Å². The first kappa shape index (κ1) is 15.2. The Morgan fingerprint density at radius 2 is 1.80 bits per heavy atom. The van der Waals surface area contributed by atoms with Gasteiger partial charge in [0.05, 0.1) is 23.2 Å². The molecule has 0 aromatic heterocycles. The Hall–Kier alpha value is -1.22. The van der Waals surface area contributed by atoms with E-state index in [1.807, 2.05) is 36.4 Å². The first-order valence-corrected chi connectivity index (χ1v) is 7.24. The van der Waals surface area contributed by atoms with Gasteiger partial charge in [-0.1, -0.05) is 54.4 Å². The zero-order valence-electron chi connectivity index (χ0n) is 11.5. The molecule has 20 heavy (non-hydrogen) atoms. The van der Waals surface area contributed by atoms with Crippen molar-refractivity contribution in [3.8, 4) is 5.75 Å². The summed E-state index contributed by atoms with van der Waals surface area (Å²) >= 11 is 12.4. The van der Waals surface area contributed by atoms with Gasteiger partial charge >= 0.3 is 0 Å². The number of hydrogen-bond acceptors (Lipinski definition) is 2. The SMILES string of the molecule is CCNC(c1ccc(OC)cc1)c1cccc(Cl)c1Cl. The maximum absolute atomic E-state index is 6.34. The summed E-state index contributed by atoms with van der Waals surface area (Å²) < 4.78 is 5.19. The largest absolute Gasteiger partial charge is 0.497 e. The van der Waals surface area contributed by atoms with Crippen LogP contribution in [0.4, 0.5) is 0 Å². The quantitative estimate of drug-likeness (QED) is 0.864. The van der Waals surface area contributed by atoms with Gasteiger partial charge in [-0.15, -0.1) is 0 Å². The molecule has 0 aliphatic heterocycles. The number of ether oxygens (including phenoxy) is 1. The van der Waals surface area contributed by atoms with Crippen molar-refractivity contribution in [1.29, 1.82) is 0 Å². The Balaban J connectivity index is 2.41. The highest BCUT2D eigenvalue weighted by atomic mass is 35.5. The average Bonchev–Trinajstić information content (AvgIpc) is 2.48. The summed E-state index contributed by atoms with van der Waals surface area (Å²) in [6.45, 7) is 2.90. The number of nitrogens with one attached hydrogen (secondary N) is 1. The first-order valence-electron chi connectivity index (χ1n) is 6.48. The van der Waals surface area contributed by atoms with Crippen molar-refractivity contribution < 1.29 is 4.74 Å². The molecular formula is C16H17Cl2NO. The van der Waals surface area contributed by atoms with Crippen LogP contribution in [0.2, 0.25) is 10.0 Å². The van der Waals surface area contributed by atoms with Crippen LogP contribution in [-0.4, -0.2) is 13.7 Å². The Bertz CT molecular complexity index is 569. The standard InChI is InChI=1S/C16H17Cl2NO/c1-3-19-16(11-7-9-12(20-2)10-8-11)13-5-4-6-14(17)15(13)18/h4-10,16,19H,3H2,1-2H3. The maximum Gasteiger partial charge on any atom is 0.118 e. The first-order chi connectivity index (χ1) is 9.67. The fourth-order valence-electron chi connectivity index (χ4n) is 2.15. The third-order valence-corrected chi connectivity index (χ3v) is 3.98. The van der Waals surface area contributed by atoms with Crippen molar-refractivity contribution in [3.05, 3.63) is 63.6 Å². The van der Waals surface area contributed by atoms with E-state index in [0.717, 1.165) is 23.4 Å². The van der Waals surface area contributed by atoms with Crippen molar-refractivity contribution in [2.45, 2.75) is 13.0 Å². The molecule has 0 radical (unpaired) electrons. The lowest BCUT2D eigenvalue weighted by Crippen LogP contribution is -2.22. The summed E-state index contributed by atoms with van der Waals surface area (Å²) in [6, 6.07) is 13.7. The second-order valence-electron chi connectivity index (χ2n) is 4.41. The van der Waals surface area contributed by atoms with Crippen LogP contribution in [0.25, 0.3) is 0 Å². The molecule has 0 bridgehead atoms. The molecule has 1 N–H and O–H groups in total. The van der Waals surface area contributed by atoms with Gasteiger partial charge in [0, 0.05) is 0 Å². The highest BCUT2D eigenvalue weighted by Gasteiger charge is 2.17. The van der Waals surface area contributed by atoms with Gasteiger partial charge in [0.1, 0.15) is 5.75 Å². The van der Waals surface area contributed by atoms with Crippen molar-refractivity contribution in [3.63, 3.8) is 0 Å². The number of halogens is 2. The minimum Gasteiger partial charge on any atom is -0.497 e. The molecule has 0 aliphatic rings. The summed E-state index contributed by atoms with van der Waals surface area (Å²) in [4.78, 5) is 0. The predicted molar refractivity (Wildman–Crippen MR) is 85.0 cm³/mol. The average molecular weight is 310 g/mol. The Morgan fingerprint density at radius 3 is 2.40 bits per heavy atom. The molecule has 0 saturated heterocycles. The molecule has 2 aromatic rings. The molecule has 0 amide bonds. The monoisotopic (exact) mass is 309 g/mol. The maximum atomic E-state index is 6.34. The normalized spacial score (nSPS) is 12.2. The third-order valence-electron chi connectivity index (χ3n) is 3.15. The van der Waals surface area contributed by atoms with Crippen molar-refractivity contribution >= 4 is 23.2 Å². The molecule has 0 fully saturated rings. The van der Waals surface area contributed by atoms with Gasteiger partial charge in [0.2, 0.25) is 0 Å². The number of rotatable bonds is 5. The van der Waals surface area contributed by atoms with E-state index in [2.05, 4.69) is 12.2 Å². The van der Waals surface area contributed by atoms with E-state index in [-0.39, 0.29) is 6.04 Å². The Kier molecular flexibility index (Phi) is 5.30. The van der Waals surface area contributed by atoms with Crippen molar-refractivity contribution in [2.75, 3.05) is 13.7 Å². The molecule has 0 aliphatic carbocycles. The van der Waals surface area contributed by atoms with Crippen molar-refractivity contribution in [1.82, 2.24) is 5.32 Å². The van der Waals surface area contributed by atoms with Gasteiger partial charge in [-0.05, 0) is 35.9 Å². The smallest absolute Gasteiger partial charge is 0.118 e. The van der Waals surface area contributed by atoms with Crippen LogP contribution < -0.4 is 10.1 Å². The molecule has 4 heteroatoms. The molecule has 1 atom stereocenters. The molecule has 106 valence electrons. The van der Waals surface area contributed by atoms with Gasteiger partial charge in [-0.2, -0.15) is 0 Å². The summed E-state index contributed by atoms with van der Waals surface area (Å²) in [6.07, 6.45) is 0. The van der Waals surface area contributed by atoms with E-state index in [0.29, 0.717) is 10.0 Å². The summed E-state index contributed by atoms with van der Waals surface area (Å²) in [5.74, 6) is 0.834. The predicted octanol–water partition coefficient (Wildman–Crippen LogP) is 4.70. The lowest BCUT2D eigenvalue weighted by molar-refractivity contribution is 0.414. The molecular weight excluding hydrogens is 293 g/mol. The van der Waals surface area contributed by atoms with Gasteiger partial charge in [-0.25, -0.2) is 0 Å². The summed E-state index contributed by atoms with van der Waals surface area (Å²) in [5.41, 5.74) is 2.10.